The van der Waals surface area contributed by atoms with Gasteiger partial charge in [0.25, 0.3) is 5.91 Å². The van der Waals surface area contributed by atoms with Gasteiger partial charge in [0.15, 0.2) is 6.61 Å². The van der Waals surface area contributed by atoms with Crippen LogP contribution in [0.15, 0.2) is 89.4 Å². The Hall–Kier alpha value is -3.06. The molecule has 0 aliphatic carbocycles. The summed E-state index contributed by atoms with van der Waals surface area (Å²) in [6.45, 7) is 5.47. The van der Waals surface area contributed by atoms with E-state index in [0.29, 0.717) is 27.8 Å². The molecule has 0 saturated heterocycles. The molecule has 1 atom stereocenters. The minimum atomic E-state index is -0.842. The topological polar surface area (TPSA) is 58.6 Å². The van der Waals surface area contributed by atoms with Gasteiger partial charge in [-0.15, -0.1) is 0 Å². The molecule has 0 aliphatic heterocycles. The average Bonchev–Trinajstić information content (AvgIpc) is 2.91. The molecule has 0 bridgehead atoms. The van der Waals surface area contributed by atoms with Gasteiger partial charge in [0, 0.05) is 34.1 Å². The zero-order valence-electron chi connectivity index (χ0n) is 22.6. The molecule has 0 aromatic heterocycles. The summed E-state index contributed by atoms with van der Waals surface area (Å²) in [6, 6.07) is 25.6. The van der Waals surface area contributed by atoms with Crippen LogP contribution in [0.3, 0.4) is 0 Å². The first kappa shape index (κ1) is 29.9. The lowest BCUT2D eigenvalue weighted by molar-refractivity contribution is -0.143. The smallest absolute Gasteiger partial charge is 0.261 e. The van der Waals surface area contributed by atoms with E-state index < -0.39 is 11.6 Å². The highest BCUT2D eigenvalue weighted by molar-refractivity contribution is 9.10. The van der Waals surface area contributed by atoms with Gasteiger partial charge in [-0.2, -0.15) is 0 Å². The lowest BCUT2D eigenvalue weighted by Gasteiger charge is -2.34. The number of hydrogen-bond donors (Lipinski definition) is 1. The second-order valence-corrected chi connectivity index (χ2v) is 12.2. The molecule has 1 N–H and O–H groups in total. The first-order chi connectivity index (χ1) is 19.0. The highest BCUT2D eigenvalue weighted by Gasteiger charge is 2.33. The van der Waals surface area contributed by atoms with Crippen molar-refractivity contribution in [3.8, 4) is 5.75 Å². The quantitative estimate of drug-likeness (QED) is 0.203. The molecule has 8 heteroatoms. The number of carbonyl (C=O) groups is 2. The molecule has 0 fully saturated rings. The molecule has 0 aliphatic rings. The summed E-state index contributed by atoms with van der Waals surface area (Å²) >= 11 is 16.7. The van der Waals surface area contributed by atoms with Crippen LogP contribution in [0.5, 0.6) is 5.75 Å². The summed E-state index contributed by atoms with van der Waals surface area (Å²) in [4.78, 5) is 29.2. The Kier molecular flexibility index (Phi) is 9.77. The van der Waals surface area contributed by atoms with Crippen LogP contribution in [0.25, 0.3) is 10.8 Å². The van der Waals surface area contributed by atoms with E-state index in [2.05, 4.69) is 21.2 Å². The molecule has 40 heavy (non-hydrogen) atoms. The number of nitrogens with one attached hydrogen (secondary N) is 1. The number of halogens is 3. The van der Waals surface area contributed by atoms with Gasteiger partial charge in [0.1, 0.15) is 11.8 Å². The minimum Gasteiger partial charge on any atom is -0.483 e. The molecule has 4 aromatic rings. The third-order valence-corrected chi connectivity index (χ3v) is 7.86. The van der Waals surface area contributed by atoms with Gasteiger partial charge in [-0.05, 0) is 71.2 Å². The predicted octanol–water partition coefficient (Wildman–Crippen LogP) is 7.84. The highest BCUT2D eigenvalue weighted by Crippen LogP contribution is 2.33. The fourth-order valence-corrected chi connectivity index (χ4v) is 5.53. The summed E-state index contributed by atoms with van der Waals surface area (Å²) in [5, 5.41) is 5.89. The Morgan fingerprint density at radius 3 is 2.23 bits per heavy atom. The standard InChI is InChI=1S/C32H31BrCl2N2O3/c1-32(2,3)36-31(39)27(18-21-10-5-4-6-11-21)37(19-24-25(34)14-9-15-26(24)35)29(38)20-40-28-17-16-22-12-7-8-13-23(22)30(28)33/h4-17,27H,18-20H2,1-3H3,(H,36,39). The van der Waals surface area contributed by atoms with E-state index in [1.807, 2.05) is 87.5 Å². The Balaban J connectivity index is 1.69. The van der Waals surface area contributed by atoms with Crippen LogP contribution in [0.4, 0.5) is 0 Å². The highest BCUT2D eigenvalue weighted by atomic mass is 79.9. The molecular weight excluding hydrogens is 611 g/mol. The van der Waals surface area contributed by atoms with E-state index in [9.17, 15) is 9.59 Å². The number of rotatable bonds is 9. The Bertz CT molecular complexity index is 1490. The van der Waals surface area contributed by atoms with Crippen LogP contribution in [0, 0.1) is 0 Å². The van der Waals surface area contributed by atoms with Gasteiger partial charge in [0.2, 0.25) is 5.91 Å². The summed E-state index contributed by atoms with van der Waals surface area (Å²) in [7, 11) is 0. The number of amides is 2. The van der Waals surface area contributed by atoms with Crippen molar-refractivity contribution >= 4 is 61.7 Å². The van der Waals surface area contributed by atoms with Gasteiger partial charge in [-0.3, -0.25) is 9.59 Å². The number of nitrogens with zero attached hydrogens (tertiary/aromatic N) is 1. The maximum atomic E-state index is 13.9. The second-order valence-electron chi connectivity index (χ2n) is 10.6. The van der Waals surface area contributed by atoms with Crippen molar-refractivity contribution in [1.29, 1.82) is 0 Å². The lowest BCUT2D eigenvalue weighted by atomic mass is 10.0. The fraction of sp³-hybridized carbons (Fsp3) is 0.250. The molecule has 0 heterocycles. The maximum absolute atomic E-state index is 13.9. The zero-order valence-corrected chi connectivity index (χ0v) is 25.7. The summed E-state index contributed by atoms with van der Waals surface area (Å²) in [5.74, 6) is -0.123. The minimum absolute atomic E-state index is 0.0364. The monoisotopic (exact) mass is 640 g/mol. The Morgan fingerprint density at radius 2 is 1.55 bits per heavy atom. The molecule has 0 radical (unpaired) electrons. The van der Waals surface area contributed by atoms with Crippen LogP contribution in [0.1, 0.15) is 31.9 Å². The normalized spacial score (nSPS) is 12.2. The van der Waals surface area contributed by atoms with Gasteiger partial charge in [0.05, 0.1) is 4.47 Å². The maximum Gasteiger partial charge on any atom is 0.261 e. The van der Waals surface area contributed by atoms with Crippen molar-refractivity contribution < 1.29 is 14.3 Å². The van der Waals surface area contributed by atoms with Crippen molar-refractivity contribution in [2.75, 3.05) is 6.61 Å². The third-order valence-electron chi connectivity index (χ3n) is 6.34. The van der Waals surface area contributed by atoms with Gasteiger partial charge >= 0.3 is 0 Å². The molecule has 208 valence electrons. The Morgan fingerprint density at radius 1 is 0.900 bits per heavy atom. The molecule has 4 aromatic carbocycles. The van der Waals surface area contributed by atoms with E-state index in [-0.39, 0.29) is 25.0 Å². The zero-order chi connectivity index (χ0) is 28.9. The molecule has 1 unspecified atom stereocenters. The molecular formula is C32H31BrCl2N2O3. The molecule has 0 saturated carbocycles. The fourth-order valence-electron chi connectivity index (χ4n) is 4.41. The largest absolute Gasteiger partial charge is 0.483 e. The summed E-state index contributed by atoms with van der Waals surface area (Å²) in [5.41, 5.74) is 0.973. The van der Waals surface area contributed by atoms with Gasteiger partial charge in [-0.1, -0.05) is 89.9 Å². The Labute approximate surface area is 253 Å². The first-order valence-corrected chi connectivity index (χ1v) is 14.5. The summed E-state index contributed by atoms with van der Waals surface area (Å²) < 4.78 is 6.79. The second kappa shape index (κ2) is 13.1. The molecule has 5 nitrogen and oxygen atoms in total. The molecule has 2 amide bonds. The average molecular weight is 642 g/mol. The SMILES string of the molecule is CC(C)(C)NC(=O)C(Cc1ccccc1)N(Cc1c(Cl)cccc1Cl)C(=O)COc1ccc2ccccc2c1Br. The van der Waals surface area contributed by atoms with E-state index in [1.165, 1.54) is 4.90 Å². The van der Waals surface area contributed by atoms with E-state index in [1.54, 1.807) is 18.2 Å². The van der Waals surface area contributed by atoms with Crippen molar-refractivity contribution in [2.24, 2.45) is 0 Å². The van der Waals surface area contributed by atoms with Crippen molar-refractivity contribution in [3.63, 3.8) is 0 Å². The number of hydrogen-bond acceptors (Lipinski definition) is 3. The van der Waals surface area contributed by atoms with Crippen LogP contribution in [-0.2, 0) is 22.6 Å². The summed E-state index contributed by atoms with van der Waals surface area (Å²) in [6.07, 6.45) is 0.302. The molecule has 4 rings (SSSR count). The van der Waals surface area contributed by atoms with E-state index in [0.717, 1.165) is 20.8 Å². The lowest BCUT2D eigenvalue weighted by Crippen LogP contribution is -2.55. The third kappa shape index (κ3) is 7.57. The van der Waals surface area contributed by atoms with Crippen molar-refractivity contribution in [1.82, 2.24) is 10.2 Å². The first-order valence-electron chi connectivity index (χ1n) is 12.9. The van der Waals surface area contributed by atoms with Crippen LogP contribution < -0.4 is 10.1 Å². The van der Waals surface area contributed by atoms with E-state index in [4.69, 9.17) is 27.9 Å². The van der Waals surface area contributed by atoms with Gasteiger partial charge in [-0.25, -0.2) is 0 Å². The van der Waals surface area contributed by atoms with Crippen LogP contribution >= 0.6 is 39.1 Å². The van der Waals surface area contributed by atoms with Crippen molar-refractivity contribution in [2.45, 2.75) is 45.3 Å². The van der Waals surface area contributed by atoms with Crippen LogP contribution in [-0.4, -0.2) is 34.9 Å². The van der Waals surface area contributed by atoms with Gasteiger partial charge < -0.3 is 15.0 Å². The number of ether oxygens (including phenoxy) is 1. The number of carbonyl (C=O) groups excluding carboxylic acids is 2. The van der Waals surface area contributed by atoms with Crippen molar-refractivity contribution in [3.05, 3.63) is 111 Å². The van der Waals surface area contributed by atoms with E-state index >= 15 is 0 Å². The molecule has 0 spiro atoms. The van der Waals surface area contributed by atoms with Crippen LogP contribution in [0.2, 0.25) is 10.0 Å². The predicted molar refractivity (Wildman–Crippen MR) is 166 cm³/mol. The number of fused-ring (bicyclic) bond motifs is 1. The number of benzene rings is 4.